The molecule has 98 valence electrons. The molecule has 0 bridgehead atoms. The van der Waals surface area contributed by atoms with Crippen molar-refractivity contribution in [3.05, 3.63) is 34.1 Å². The van der Waals surface area contributed by atoms with Gasteiger partial charge < -0.3 is 10.2 Å². The highest BCUT2D eigenvalue weighted by atomic mass is 79.9. The lowest BCUT2D eigenvalue weighted by Crippen LogP contribution is -2.31. The minimum absolute atomic E-state index is 0.0869. The van der Waals surface area contributed by atoms with E-state index >= 15 is 0 Å². The predicted molar refractivity (Wildman–Crippen MR) is 72.0 cm³/mol. The van der Waals surface area contributed by atoms with Gasteiger partial charge in [0.05, 0.1) is 5.56 Å². The Bertz CT molecular complexity index is 432. The summed E-state index contributed by atoms with van der Waals surface area (Å²) in [5.41, 5.74) is 0.0869. The highest BCUT2D eigenvalue weighted by molar-refractivity contribution is 9.10. The number of halogens is 2. The van der Waals surface area contributed by atoms with Gasteiger partial charge in [0.1, 0.15) is 5.82 Å². The van der Waals surface area contributed by atoms with Gasteiger partial charge in [-0.25, -0.2) is 4.39 Å². The summed E-state index contributed by atoms with van der Waals surface area (Å²) in [6.07, 6.45) is 1.08. The molecular formula is C13H16BrFN2O. The number of carbonyl (C=O) groups is 1. The van der Waals surface area contributed by atoms with Gasteiger partial charge >= 0.3 is 0 Å². The lowest BCUT2D eigenvalue weighted by atomic mass is 10.1. The molecule has 1 unspecified atom stereocenters. The SMILES string of the molecule is CN1CCC(CNC(=O)c2c(F)cccc2Br)C1. The molecular weight excluding hydrogens is 299 g/mol. The largest absolute Gasteiger partial charge is 0.352 e. The molecule has 0 aliphatic carbocycles. The van der Waals surface area contributed by atoms with Gasteiger partial charge in [0.15, 0.2) is 0 Å². The van der Waals surface area contributed by atoms with Crippen LogP contribution in [0, 0.1) is 11.7 Å². The Hall–Kier alpha value is -0.940. The van der Waals surface area contributed by atoms with Gasteiger partial charge in [-0.3, -0.25) is 4.79 Å². The van der Waals surface area contributed by atoms with Crippen LogP contribution in [0.1, 0.15) is 16.8 Å². The van der Waals surface area contributed by atoms with Gasteiger partial charge in [-0.15, -0.1) is 0 Å². The monoisotopic (exact) mass is 314 g/mol. The standard InChI is InChI=1S/C13H16BrFN2O/c1-17-6-5-9(8-17)7-16-13(18)12-10(14)3-2-4-11(12)15/h2-4,9H,5-8H2,1H3,(H,16,18). The van der Waals surface area contributed by atoms with Gasteiger partial charge in [-0.2, -0.15) is 0 Å². The van der Waals surface area contributed by atoms with Crippen LogP contribution in [0.3, 0.4) is 0 Å². The number of likely N-dealkylation sites (tertiary alicyclic amines) is 1. The number of hydrogen-bond acceptors (Lipinski definition) is 2. The quantitative estimate of drug-likeness (QED) is 0.928. The Balaban J connectivity index is 1.96. The van der Waals surface area contributed by atoms with Crippen molar-refractivity contribution < 1.29 is 9.18 Å². The topological polar surface area (TPSA) is 32.3 Å². The second kappa shape index (κ2) is 5.80. The minimum Gasteiger partial charge on any atom is -0.352 e. The predicted octanol–water partition coefficient (Wildman–Crippen LogP) is 2.27. The maximum absolute atomic E-state index is 13.6. The van der Waals surface area contributed by atoms with Gasteiger partial charge in [-0.1, -0.05) is 6.07 Å². The van der Waals surface area contributed by atoms with E-state index in [2.05, 4.69) is 33.2 Å². The first-order valence-electron chi connectivity index (χ1n) is 5.98. The van der Waals surface area contributed by atoms with E-state index in [1.807, 2.05) is 0 Å². The van der Waals surface area contributed by atoms with Crippen LogP contribution in [0.5, 0.6) is 0 Å². The van der Waals surface area contributed by atoms with Crippen LogP contribution >= 0.6 is 15.9 Å². The third-order valence-corrected chi connectivity index (χ3v) is 3.89. The summed E-state index contributed by atoms with van der Waals surface area (Å²) in [5.74, 6) is -0.385. The van der Waals surface area contributed by atoms with Crippen LogP contribution in [0.25, 0.3) is 0 Å². The molecule has 18 heavy (non-hydrogen) atoms. The molecule has 0 aromatic heterocycles. The van der Waals surface area contributed by atoms with Crippen LogP contribution in [0.4, 0.5) is 4.39 Å². The zero-order valence-corrected chi connectivity index (χ0v) is 11.8. The summed E-state index contributed by atoms with van der Waals surface area (Å²) in [5, 5.41) is 2.81. The number of rotatable bonds is 3. The van der Waals surface area contributed by atoms with Gasteiger partial charge in [0, 0.05) is 17.6 Å². The summed E-state index contributed by atoms with van der Waals surface area (Å²) in [7, 11) is 2.06. The molecule has 1 aliphatic rings. The summed E-state index contributed by atoms with van der Waals surface area (Å²) in [6, 6.07) is 4.53. The first-order chi connectivity index (χ1) is 8.58. The molecule has 1 saturated heterocycles. The molecule has 0 spiro atoms. The Morgan fingerprint density at radius 2 is 2.39 bits per heavy atom. The summed E-state index contributed by atoms with van der Waals surface area (Å²) < 4.78 is 14.1. The van der Waals surface area contributed by atoms with E-state index < -0.39 is 5.82 Å². The van der Waals surface area contributed by atoms with E-state index in [1.54, 1.807) is 12.1 Å². The maximum Gasteiger partial charge on any atom is 0.255 e. The average Bonchev–Trinajstić information content (AvgIpc) is 2.72. The Morgan fingerprint density at radius 1 is 1.61 bits per heavy atom. The fraction of sp³-hybridized carbons (Fsp3) is 0.462. The van der Waals surface area contributed by atoms with Gasteiger partial charge in [0.2, 0.25) is 0 Å². The summed E-state index contributed by atoms with van der Waals surface area (Å²) in [6.45, 7) is 2.65. The molecule has 1 aliphatic heterocycles. The van der Waals surface area contributed by atoms with Gasteiger partial charge in [-0.05, 0) is 54.0 Å². The lowest BCUT2D eigenvalue weighted by Gasteiger charge is -2.12. The molecule has 1 fully saturated rings. The Morgan fingerprint density at radius 3 is 3.00 bits per heavy atom. The van der Waals surface area contributed by atoms with E-state index in [4.69, 9.17) is 0 Å². The van der Waals surface area contributed by atoms with E-state index in [9.17, 15) is 9.18 Å². The van der Waals surface area contributed by atoms with Gasteiger partial charge in [0.25, 0.3) is 5.91 Å². The Labute approximate surface area is 114 Å². The lowest BCUT2D eigenvalue weighted by molar-refractivity contribution is 0.0942. The van der Waals surface area contributed by atoms with Crippen molar-refractivity contribution >= 4 is 21.8 Å². The van der Waals surface area contributed by atoms with E-state index in [0.717, 1.165) is 19.5 Å². The number of hydrogen-bond donors (Lipinski definition) is 1. The fourth-order valence-corrected chi connectivity index (χ4v) is 2.76. The van der Waals surface area contributed by atoms with Crippen LogP contribution in [0.15, 0.2) is 22.7 Å². The molecule has 5 heteroatoms. The third kappa shape index (κ3) is 3.09. The number of benzene rings is 1. The fourth-order valence-electron chi connectivity index (χ4n) is 2.23. The van der Waals surface area contributed by atoms with Crippen molar-refractivity contribution in [1.82, 2.24) is 10.2 Å². The molecule has 1 atom stereocenters. The molecule has 2 rings (SSSR count). The van der Waals surface area contributed by atoms with Crippen LogP contribution in [0.2, 0.25) is 0 Å². The van der Waals surface area contributed by atoms with E-state index in [0.29, 0.717) is 16.9 Å². The first kappa shape index (κ1) is 13.5. The summed E-state index contributed by atoms with van der Waals surface area (Å²) >= 11 is 3.20. The second-order valence-corrected chi connectivity index (χ2v) is 5.58. The smallest absolute Gasteiger partial charge is 0.255 e. The van der Waals surface area contributed by atoms with Crippen molar-refractivity contribution in [3.63, 3.8) is 0 Å². The number of nitrogens with zero attached hydrogens (tertiary/aromatic N) is 1. The normalized spacial score (nSPS) is 20.1. The Kier molecular flexibility index (Phi) is 4.35. The molecule has 1 amide bonds. The zero-order chi connectivity index (χ0) is 13.1. The molecule has 1 N–H and O–H groups in total. The average molecular weight is 315 g/mol. The molecule has 0 saturated carbocycles. The number of amides is 1. The molecule has 0 radical (unpaired) electrons. The van der Waals surface area contributed by atoms with E-state index in [1.165, 1.54) is 6.07 Å². The van der Waals surface area contributed by atoms with Crippen LogP contribution in [-0.2, 0) is 0 Å². The first-order valence-corrected chi connectivity index (χ1v) is 6.78. The molecule has 1 aromatic carbocycles. The van der Waals surface area contributed by atoms with Crippen molar-refractivity contribution in [2.24, 2.45) is 5.92 Å². The van der Waals surface area contributed by atoms with Crippen molar-refractivity contribution in [1.29, 1.82) is 0 Å². The van der Waals surface area contributed by atoms with Crippen LogP contribution in [-0.4, -0.2) is 37.5 Å². The zero-order valence-electron chi connectivity index (χ0n) is 10.2. The number of nitrogens with one attached hydrogen (secondary N) is 1. The summed E-state index contributed by atoms with van der Waals surface area (Å²) in [4.78, 5) is 14.2. The minimum atomic E-state index is -0.495. The van der Waals surface area contributed by atoms with Crippen molar-refractivity contribution in [3.8, 4) is 0 Å². The highest BCUT2D eigenvalue weighted by Gasteiger charge is 2.21. The highest BCUT2D eigenvalue weighted by Crippen LogP contribution is 2.20. The second-order valence-electron chi connectivity index (χ2n) is 4.72. The maximum atomic E-state index is 13.6. The third-order valence-electron chi connectivity index (χ3n) is 3.23. The molecule has 1 heterocycles. The number of carbonyl (C=O) groups excluding carboxylic acids is 1. The van der Waals surface area contributed by atoms with Crippen molar-refractivity contribution in [2.75, 3.05) is 26.7 Å². The molecule has 1 aromatic rings. The molecule has 3 nitrogen and oxygen atoms in total. The van der Waals surface area contributed by atoms with E-state index in [-0.39, 0.29) is 11.5 Å². The van der Waals surface area contributed by atoms with Crippen LogP contribution < -0.4 is 5.32 Å². The van der Waals surface area contributed by atoms with Crippen molar-refractivity contribution in [2.45, 2.75) is 6.42 Å².